The van der Waals surface area contributed by atoms with Crippen molar-refractivity contribution in [3.63, 3.8) is 0 Å². The number of nitrogen functional groups attached to an aromatic ring is 1. The van der Waals surface area contributed by atoms with E-state index in [0.29, 0.717) is 15.7 Å². The fraction of sp³-hybridized carbons (Fsp3) is 0. The number of hydrogen-bond donors (Lipinski definition) is 1. The summed E-state index contributed by atoms with van der Waals surface area (Å²) in [5.74, 6) is 0. The minimum Gasteiger partial charge on any atom is -0.399 e. The fourth-order valence-electron chi connectivity index (χ4n) is 1.89. The van der Waals surface area contributed by atoms with Gasteiger partial charge >= 0.3 is 0 Å². The van der Waals surface area contributed by atoms with Gasteiger partial charge in [-0.25, -0.2) is 4.98 Å². The van der Waals surface area contributed by atoms with Crippen LogP contribution < -0.4 is 5.73 Å². The Morgan fingerprint density at radius 3 is 2.72 bits per heavy atom. The third-order valence-electron chi connectivity index (χ3n) is 2.74. The zero-order valence-corrected chi connectivity index (χ0v) is 10.8. The highest BCUT2D eigenvalue weighted by Gasteiger charge is 2.08. The molecule has 0 bridgehead atoms. The molecule has 1 heterocycles. The molecule has 0 spiro atoms. The standard InChI is InChI=1S/C13H9Cl2N3/c14-8-1-3-10(15)13(5-8)18-7-17-11-6-9(16)2-4-12(11)18/h1-7H,16H2. The summed E-state index contributed by atoms with van der Waals surface area (Å²) in [5.41, 5.74) is 8.98. The summed E-state index contributed by atoms with van der Waals surface area (Å²) in [6.45, 7) is 0. The molecule has 0 aliphatic heterocycles. The molecule has 0 atom stereocenters. The van der Waals surface area contributed by atoms with Crippen LogP contribution in [0.25, 0.3) is 16.7 Å². The summed E-state index contributed by atoms with van der Waals surface area (Å²) in [4.78, 5) is 4.31. The lowest BCUT2D eigenvalue weighted by atomic mass is 10.2. The van der Waals surface area contributed by atoms with E-state index in [-0.39, 0.29) is 0 Å². The zero-order chi connectivity index (χ0) is 12.7. The summed E-state index contributed by atoms with van der Waals surface area (Å²) >= 11 is 12.2. The Balaban J connectivity index is 2.28. The third kappa shape index (κ3) is 1.82. The van der Waals surface area contributed by atoms with Crippen molar-refractivity contribution >= 4 is 39.9 Å². The summed E-state index contributed by atoms with van der Waals surface area (Å²) in [6, 6.07) is 10.9. The molecule has 0 saturated carbocycles. The molecule has 3 nitrogen and oxygen atoms in total. The van der Waals surface area contributed by atoms with E-state index in [0.717, 1.165) is 16.7 Å². The Morgan fingerprint density at radius 2 is 1.89 bits per heavy atom. The summed E-state index contributed by atoms with van der Waals surface area (Å²) < 4.78 is 1.89. The van der Waals surface area contributed by atoms with Crippen LogP contribution >= 0.6 is 23.2 Å². The Morgan fingerprint density at radius 1 is 1.06 bits per heavy atom. The van der Waals surface area contributed by atoms with Crippen molar-refractivity contribution in [1.29, 1.82) is 0 Å². The van der Waals surface area contributed by atoms with E-state index in [1.165, 1.54) is 0 Å². The number of benzene rings is 2. The molecule has 0 saturated heterocycles. The first-order chi connectivity index (χ1) is 8.65. The van der Waals surface area contributed by atoms with Crippen LogP contribution in [0.2, 0.25) is 10.0 Å². The minimum atomic E-state index is 0.621. The number of aromatic nitrogens is 2. The minimum absolute atomic E-state index is 0.621. The van der Waals surface area contributed by atoms with Gasteiger partial charge in [0.15, 0.2) is 0 Å². The monoisotopic (exact) mass is 277 g/mol. The Labute approximate surface area is 114 Å². The molecule has 2 N–H and O–H groups in total. The predicted octanol–water partition coefficient (Wildman–Crippen LogP) is 3.91. The fourth-order valence-corrected chi connectivity index (χ4v) is 2.27. The van der Waals surface area contributed by atoms with E-state index in [1.54, 1.807) is 24.5 Å². The van der Waals surface area contributed by atoms with Gasteiger partial charge in [0.2, 0.25) is 0 Å². The van der Waals surface area contributed by atoms with Crippen LogP contribution in [-0.4, -0.2) is 9.55 Å². The molecule has 0 aliphatic carbocycles. The lowest BCUT2D eigenvalue weighted by Crippen LogP contribution is -1.93. The first kappa shape index (κ1) is 11.4. The van der Waals surface area contributed by atoms with Gasteiger partial charge in [0.05, 0.1) is 21.7 Å². The van der Waals surface area contributed by atoms with Crippen molar-refractivity contribution in [2.45, 2.75) is 0 Å². The number of imidazole rings is 1. The summed E-state index contributed by atoms with van der Waals surface area (Å²) in [6.07, 6.45) is 1.71. The molecule has 3 aromatic rings. The predicted molar refractivity (Wildman–Crippen MR) is 75.5 cm³/mol. The van der Waals surface area contributed by atoms with Crippen molar-refractivity contribution < 1.29 is 0 Å². The largest absolute Gasteiger partial charge is 0.399 e. The van der Waals surface area contributed by atoms with Crippen LogP contribution in [-0.2, 0) is 0 Å². The zero-order valence-electron chi connectivity index (χ0n) is 9.27. The second kappa shape index (κ2) is 4.19. The lowest BCUT2D eigenvalue weighted by Gasteiger charge is -2.07. The Kier molecular flexibility index (Phi) is 2.65. The molecule has 18 heavy (non-hydrogen) atoms. The Bertz CT molecular complexity index is 734. The van der Waals surface area contributed by atoms with Gasteiger partial charge < -0.3 is 5.73 Å². The van der Waals surface area contributed by atoms with Crippen LogP contribution in [0.4, 0.5) is 5.69 Å². The number of anilines is 1. The Hall–Kier alpha value is -1.71. The summed E-state index contributed by atoms with van der Waals surface area (Å²) in [5, 5.41) is 1.25. The van der Waals surface area contributed by atoms with Gasteiger partial charge in [-0.05, 0) is 36.4 Å². The second-order valence-electron chi connectivity index (χ2n) is 3.96. The average Bonchev–Trinajstić information content (AvgIpc) is 2.75. The SMILES string of the molecule is Nc1ccc2c(c1)ncn2-c1cc(Cl)ccc1Cl. The van der Waals surface area contributed by atoms with Gasteiger partial charge in [-0.2, -0.15) is 0 Å². The quantitative estimate of drug-likeness (QED) is 0.686. The van der Waals surface area contributed by atoms with E-state index in [1.807, 2.05) is 22.8 Å². The first-order valence-electron chi connectivity index (χ1n) is 5.33. The van der Waals surface area contributed by atoms with Gasteiger partial charge in [-0.1, -0.05) is 23.2 Å². The number of nitrogens with zero attached hydrogens (tertiary/aromatic N) is 2. The van der Waals surface area contributed by atoms with Gasteiger partial charge in [-0.3, -0.25) is 4.57 Å². The van der Waals surface area contributed by atoms with E-state index in [2.05, 4.69) is 4.98 Å². The first-order valence-corrected chi connectivity index (χ1v) is 6.09. The summed E-state index contributed by atoms with van der Waals surface area (Å²) in [7, 11) is 0. The van der Waals surface area contributed by atoms with Crippen LogP contribution in [0.15, 0.2) is 42.7 Å². The van der Waals surface area contributed by atoms with Crippen LogP contribution in [0.5, 0.6) is 0 Å². The number of halogens is 2. The number of rotatable bonds is 1. The third-order valence-corrected chi connectivity index (χ3v) is 3.29. The normalized spacial score (nSPS) is 11.0. The maximum Gasteiger partial charge on any atom is 0.100 e. The van der Waals surface area contributed by atoms with Gasteiger partial charge in [-0.15, -0.1) is 0 Å². The van der Waals surface area contributed by atoms with Crippen LogP contribution in [0.1, 0.15) is 0 Å². The van der Waals surface area contributed by atoms with Gasteiger partial charge in [0.25, 0.3) is 0 Å². The highest BCUT2D eigenvalue weighted by atomic mass is 35.5. The maximum atomic E-state index is 6.19. The second-order valence-corrected chi connectivity index (χ2v) is 4.80. The van der Waals surface area contributed by atoms with E-state index >= 15 is 0 Å². The molecule has 0 fully saturated rings. The number of fused-ring (bicyclic) bond motifs is 1. The molecule has 2 aromatic carbocycles. The molecule has 1 aromatic heterocycles. The van der Waals surface area contributed by atoms with Crippen molar-refractivity contribution in [2.75, 3.05) is 5.73 Å². The van der Waals surface area contributed by atoms with Crippen LogP contribution in [0, 0.1) is 0 Å². The van der Waals surface area contributed by atoms with Crippen molar-refractivity contribution in [3.8, 4) is 5.69 Å². The molecule has 90 valence electrons. The van der Waals surface area contributed by atoms with Crippen molar-refractivity contribution in [2.24, 2.45) is 0 Å². The molecule has 0 radical (unpaired) electrons. The molecule has 5 heteroatoms. The molecule has 0 amide bonds. The topological polar surface area (TPSA) is 43.8 Å². The highest BCUT2D eigenvalue weighted by molar-refractivity contribution is 6.34. The molecular formula is C13H9Cl2N3. The molecule has 3 rings (SSSR count). The number of hydrogen-bond acceptors (Lipinski definition) is 2. The maximum absolute atomic E-state index is 6.19. The molecule has 0 aliphatic rings. The van der Waals surface area contributed by atoms with Crippen molar-refractivity contribution in [1.82, 2.24) is 9.55 Å². The highest BCUT2D eigenvalue weighted by Crippen LogP contribution is 2.27. The van der Waals surface area contributed by atoms with E-state index in [9.17, 15) is 0 Å². The van der Waals surface area contributed by atoms with Crippen molar-refractivity contribution in [3.05, 3.63) is 52.8 Å². The number of nitrogens with two attached hydrogens (primary N) is 1. The van der Waals surface area contributed by atoms with Gasteiger partial charge in [0.1, 0.15) is 6.33 Å². The van der Waals surface area contributed by atoms with E-state index in [4.69, 9.17) is 28.9 Å². The average molecular weight is 278 g/mol. The molecular weight excluding hydrogens is 269 g/mol. The van der Waals surface area contributed by atoms with Crippen LogP contribution in [0.3, 0.4) is 0 Å². The van der Waals surface area contributed by atoms with Gasteiger partial charge in [0, 0.05) is 10.7 Å². The smallest absolute Gasteiger partial charge is 0.100 e. The lowest BCUT2D eigenvalue weighted by molar-refractivity contribution is 1.09. The van der Waals surface area contributed by atoms with E-state index < -0.39 is 0 Å². The molecule has 0 unspecified atom stereocenters.